The molecule has 10 nitrogen and oxygen atoms in total. The highest BCUT2D eigenvalue weighted by Crippen LogP contribution is 2.34. The molecule has 214 valence electrons. The fourth-order valence-electron chi connectivity index (χ4n) is 5.15. The van der Waals surface area contributed by atoms with Crippen LogP contribution in [0.3, 0.4) is 0 Å². The van der Waals surface area contributed by atoms with Crippen molar-refractivity contribution in [2.75, 3.05) is 68.5 Å². The van der Waals surface area contributed by atoms with Crippen LogP contribution in [0.4, 0.5) is 21.0 Å². The minimum absolute atomic E-state index is 0.0550. The number of benzene rings is 1. The summed E-state index contributed by atoms with van der Waals surface area (Å²) in [5, 5.41) is 10.3. The molecule has 1 aromatic carbocycles. The second-order valence-electron chi connectivity index (χ2n) is 9.98. The van der Waals surface area contributed by atoms with Crippen LogP contribution < -0.4 is 15.5 Å². The summed E-state index contributed by atoms with van der Waals surface area (Å²) in [5.41, 5.74) is 9.07. The van der Waals surface area contributed by atoms with Gasteiger partial charge in [-0.1, -0.05) is 11.3 Å². The Balaban J connectivity index is 1.36. The number of thiazole rings is 1. The highest BCUT2D eigenvalue weighted by atomic mass is 32.1. The molecule has 4 heterocycles. The predicted octanol–water partition coefficient (Wildman–Crippen LogP) is 3.78. The number of aliphatic imine (C=N–C) groups is 1. The number of amidine groups is 1. The number of pyridine rings is 1. The molecule has 41 heavy (non-hydrogen) atoms. The van der Waals surface area contributed by atoms with Crippen LogP contribution in [0, 0.1) is 23.1 Å². The van der Waals surface area contributed by atoms with E-state index in [0.717, 1.165) is 18.5 Å². The van der Waals surface area contributed by atoms with Gasteiger partial charge in [-0.25, -0.2) is 14.4 Å². The van der Waals surface area contributed by atoms with Gasteiger partial charge in [0.2, 0.25) is 5.91 Å². The molecule has 1 amide bonds. The van der Waals surface area contributed by atoms with Crippen LogP contribution in [0.25, 0.3) is 11.3 Å². The van der Waals surface area contributed by atoms with Crippen molar-refractivity contribution in [3.63, 3.8) is 0 Å². The zero-order chi connectivity index (χ0) is 28.9. The van der Waals surface area contributed by atoms with Crippen LogP contribution in [-0.2, 0) is 9.53 Å². The maximum absolute atomic E-state index is 13.5. The molecule has 0 aliphatic carbocycles. The van der Waals surface area contributed by atoms with E-state index in [0.29, 0.717) is 84.4 Å². The van der Waals surface area contributed by atoms with Gasteiger partial charge in [0.05, 0.1) is 17.4 Å². The van der Waals surface area contributed by atoms with E-state index >= 15 is 0 Å². The molecule has 0 atom stereocenters. The number of anilines is 3. The normalized spacial score (nSPS) is 16.5. The Labute approximate surface area is 242 Å². The predicted molar refractivity (Wildman–Crippen MR) is 159 cm³/mol. The number of ether oxygens (including phenoxy) is 1. The Morgan fingerprint density at radius 3 is 2.61 bits per heavy atom. The topological polar surface area (TPSA) is 124 Å². The van der Waals surface area contributed by atoms with Gasteiger partial charge < -0.3 is 25.2 Å². The van der Waals surface area contributed by atoms with Crippen molar-refractivity contribution in [1.82, 2.24) is 14.9 Å². The first-order chi connectivity index (χ1) is 19.9. The number of piperazine rings is 1. The number of nitrogens with zero attached hydrogens (tertiary/aromatic N) is 7. The number of hydrogen-bond acceptors (Lipinski definition) is 9. The molecule has 0 bridgehead atoms. The van der Waals surface area contributed by atoms with Crippen molar-refractivity contribution < 1.29 is 13.9 Å². The minimum Gasteiger partial charge on any atom is -0.383 e. The minimum atomic E-state index is -0.354. The van der Waals surface area contributed by atoms with E-state index in [1.807, 2.05) is 29.8 Å². The Kier molecular flexibility index (Phi) is 8.75. The van der Waals surface area contributed by atoms with Crippen molar-refractivity contribution in [2.24, 2.45) is 10.9 Å². The first-order valence-electron chi connectivity index (χ1n) is 13.7. The summed E-state index contributed by atoms with van der Waals surface area (Å²) in [7, 11) is 1.83. The standard InChI is InChI=1S/C29H33FN8O2S/c1-3-33-27(36(2)29-35-25(24(17-31)41-29)19-4-6-21(30)7-5-19)23-16-22(18-34-26(23)32)37-10-12-38(13-11-37)28(39)20-8-14-40-15-9-20/h4-7,16,18,20H,3,8-15H2,1-2H3,(H2,32,34). The Bertz CT molecular complexity index is 1450. The van der Waals surface area contributed by atoms with E-state index in [9.17, 15) is 14.4 Å². The summed E-state index contributed by atoms with van der Waals surface area (Å²) < 4.78 is 18.9. The van der Waals surface area contributed by atoms with E-state index in [4.69, 9.17) is 20.4 Å². The van der Waals surface area contributed by atoms with Crippen LogP contribution in [0.5, 0.6) is 0 Å². The quantitative estimate of drug-likeness (QED) is 0.347. The number of aromatic nitrogens is 2. The summed E-state index contributed by atoms with van der Waals surface area (Å²) in [6.45, 7) is 6.41. The maximum Gasteiger partial charge on any atom is 0.225 e. The molecule has 2 saturated heterocycles. The van der Waals surface area contributed by atoms with E-state index < -0.39 is 0 Å². The van der Waals surface area contributed by atoms with Gasteiger partial charge in [-0.3, -0.25) is 9.79 Å². The average Bonchev–Trinajstić information content (AvgIpc) is 3.45. The summed E-state index contributed by atoms with van der Waals surface area (Å²) >= 11 is 1.23. The average molecular weight is 577 g/mol. The third-order valence-electron chi connectivity index (χ3n) is 7.42. The third kappa shape index (κ3) is 6.16. The van der Waals surface area contributed by atoms with Crippen molar-refractivity contribution in [1.29, 1.82) is 5.26 Å². The molecule has 0 radical (unpaired) electrons. The zero-order valence-corrected chi connectivity index (χ0v) is 24.0. The highest BCUT2D eigenvalue weighted by Gasteiger charge is 2.29. The van der Waals surface area contributed by atoms with Crippen molar-refractivity contribution in [3.8, 4) is 17.3 Å². The molecule has 0 saturated carbocycles. The Morgan fingerprint density at radius 1 is 1.24 bits per heavy atom. The number of amides is 1. The van der Waals surface area contributed by atoms with E-state index in [-0.39, 0.29) is 17.6 Å². The Morgan fingerprint density at radius 2 is 1.95 bits per heavy atom. The van der Waals surface area contributed by atoms with Crippen LogP contribution in [0.2, 0.25) is 0 Å². The molecule has 2 N–H and O–H groups in total. The molecule has 0 spiro atoms. The first kappa shape index (κ1) is 28.4. The number of halogens is 1. The molecule has 12 heteroatoms. The first-order valence-corrected chi connectivity index (χ1v) is 14.5. The lowest BCUT2D eigenvalue weighted by Gasteiger charge is -2.38. The summed E-state index contributed by atoms with van der Waals surface area (Å²) in [6, 6.07) is 10.1. The van der Waals surface area contributed by atoms with E-state index in [2.05, 4.69) is 16.0 Å². The van der Waals surface area contributed by atoms with Gasteiger partial charge in [-0.15, -0.1) is 0 Å². The molecule has 0 unspecified atom stereocenters. The van der Waals surface area contributed by atoms with Crippen molar-refractivity contribution in [2.45, 2.75) is 19.8 Å². The van der Waals surface area contributed by atoms with Gasteiger partial charge >= 0.3 is 0 Å². The van der Waals surface area contributed by atoms with Gasteiger partial charge in [-0.05, 0) is 50.1 Å². The lowest BCUT2D eigenvalue weighted by atomic mass is 9.98. The molecule has 2 fully saturated rings. The number of carbonyl (C=O) groups excluding carboxylic acids is 1. The molecular weight excluding hydrogens is 543 g/mol. The molecule has 2 aliphatic heterocycles. The lowest BCUT2D eigenvalue weighted by Crippen LogP contribution is -2.51. The van der Waals surface area contributed by atoms with Crippen LogP contribution in [-0.4, -0.2) is 79.6 Å². The number of rotatable bonds is 6. The van der Waals surface area contributed by atoms with Gasteiger partial charge in [0.15, 0.2) is 5.13 Å². The summed E-state index contributed by atoms with van der Waals surface area (Å²) in [4.78, 5) is 33.3. The fourth-order valence-corrected chi connectivity index (χ4v) is 6.00. The summed E-state index contributed by atoms with van der Waals surface area (Å²) in [6.07, 6.45) is 3.33. The molecular formula is C29H33FN8O2S. The van der Waals surface area contributed by atoms with Gasteiger partial charge in [-0.2, -0.15) is 5.26 Å². The van der Waals surface area contributed by atoms with Gasteiger partial charge in [0.1, 0.15) is 34.1 Å². The number of nitriles is 1. The second kappa shape index (κ2) is 12.6. The van der Waals surface area contributed by atoms with E-state index in [1.54, 1.807) is 18.3 Å². The maximum atomic E-state index is 13.5. The summed E-state index contributed by atoms with van der Waals surface area (Å²) in [5.74, 6) is 0.837. The highest BCUT2D eigenvalue weighted by molar-refractivity contribution is 7.16. The third-order valence-corrected chi connectivity index (χ3v) is 8.46. The second-order valence-corrected chi connectivity index (χ2v) is 11.0. The Hall–Kier alpha value is -4.08. The van der Waals surface area contributed by atoms with Crippen LogP contribution in [0.1, 0.15) is 30.2 Å². The monoisotopic (exact) mass is 576 g/mol. The number of nitrogen functional groups attached to an aromatic ring is 1. The molecule has 5 rings (SSSR count). The molecule has 2 aliphatic rings. The fraction of sp³-hybridized carbons (Fsp3) is 0.414. The number of nitrogens with two attached hydrogens (primary N) is 1. The van der Waals surface area contributed by atoms with Gasteiger partial charge in [0.25, 0.3) is 0 Å². The van der Waals surface area contributed by atoms with Crippen LogP contribution in [0.15, 0.2) is 41.5 Å². The SMILES string of the molecule is CCN=C(c1cc(N2CCN(C(=O)C3CCOCC3)CC2)cnc1N)N(C)c1nc(-c2ccc(F)cc2)c(C#N)s1. The molecule has 3 aromatic rings. The van der Waals surface area contributed by atoms with Gasteiger partial charge in [0, 0.05) is 64.5 Å². The number of hydrogen-bond donors (Lipinski definition) is 1. The smallest absolute Gasteiger partial charge is 0.225 e. The number of carbonyl (C=O) groups is 1. The van der Waals surface area contributed by atoms with Crippen molar-refractivity contribution in [3.05, 3.63) is 52.8 Å². The van der Waals surface area contributed by atoms with E-state index in [1.165, 1.54) is 23.5 Å². The largest absolute Gasteiger partial charge is 0.383 e. The van der Waals surface area contributed by atoms with Crippen LogP contribution >= 0.6 is 11.3 Å². The zero-order valence-electron chi connectivity index (χ0n) is 23.2. The lowest BCUT2D eigenvalue weighted by molar-refractivity contribution is -0.138. The molecule has 2 aromatic heterocycles. The van der Waals surface area contributed by atoms with Crippen molar-refractivity contribution >= 4 is 39.7 Å².